The minimum atomic E-state index is -3.72. The van der Waals surface area contributed by atoms with Crippen LogP contribution in [0.5, 0.6) is 11.5 Å². The van der Waals surface area contributed by atoms with Gasteiger partial charge in [0.25, 0.3) is 0 Å². The number of benzene rings is 2. The maximum Gasteiger partial charge on any atom is 0.322 e. The maximum atomic E-state index is 13.0. The summed E-state index contributed by atoms with van der Waals surface area (Å²) in [5.74, 6) is 0.701. The van der Waals surface area contributed by atoms with Crippen LogP contribution in [-0.2, 0) is 16.7 Å². The van der Waals surface area contributed by atoms with Gasteiger partial charge in [-0.15, -0.1) is 0 Å². The number of nitrogens with zero attached hydrogens (tertiary/aromatic N) is 1. The summed E-state index contributed by atoms with van der Waals surface area (Å²) >= 11 is 6.12. The molecule has 164 valence electrons. The van der Waals surface area contributed by atoms with E-state index in [2.05, 4.69) is 5.32 Å². The zero-order valence-electron chi connectivity index (χ0n) is 17.5. The predicted molar refractivity (Wildman–Crippen MR) is 119 cm³/mol. The average Bonchev–Trinajstić information content (AvgIpc) is 2.69. The van der Waals surface area contributed by atoms with Crippen molar-refractivity contribution in [1.82, 2.24) is 4.90 Å². The fraction of sp³-hybridized carbons (Fsp3) is 0.381. The highest BCUT2D eigenvalue weighted by molar-refractivity contribution is 7.87. The molecule has 30 heavy (non-hydrogen) atoms. The van der Waals surface area contributed by atoms with Crippen molar-refractivity contribution in [3.05, 3.63) is 53.1 Å². The van der Waals surface area contributed by atoms with Crippen molar-refractivity contribution in [2.75, 3.05) is 24.7 Å². The molecule has 0 radical (unpaired) electrons. The third-order valence-electron chi connectivity index (χ3n) is 4.18. The number of halogens is 1. The summed E-state index contributed by atoms with van der Waals surface area (Å²) < 4.78 is 34.4. The van der Waals surface area contributed by atoms with Crippen molar-refractivity contribution in [3.63, 3.8) is 0 Å². The lowest BCUT2D eigenvalue weighted by atomic mass is 10.1. The van der Waals surface area contributed by atoms with Crippen molar-refractivity contribution in [2.24, 2.45) is 5.92 Å². The molecule has 0 aliphatic rings. The lowest BCUT2D eigenvalue weighted by Gasteiger charge is -2.26. The second-order valence-corrected chi connectivity index (χ2v) is 9.38. The molecule has 0 heterocycles. The van der Waals surface area contributed by atoms with Crippen molar-refractivity contribution in [3.8, 4) is 11.5 Å². The Kier molecular flexibility index (Phi) is 8.37. The zero-order valence-corrected chi connectivity index (χ0v) is 19.1. The molecular formula is C21H27ClN2O5S. The van der Waals surface area contributed by atoms with Crippen LogP contribution in [0.25, 0.3) is 0 Å². The van der Waals surface area contributed by atoms with Crippen LogP contribution >= 0.6 is 11.6 Å². The van der Waals surface area contributed by atoms with Gasteiger partial charge in [0.2, 0.25) is 0 Å². The number of carbonyl (C=O) groups excluding carboxylic acids is 1. The molecule has 2 rings (SSSR count). The van der Waals surface area contributed by atoms with E-state index >= 15 is 0 Å². The molecule has 2 aromatic carbocycles. The van der Waals surface area contributed by atoms with Gasteiger partial charge in [0.05, 0.1) is 25.1 Å². The van der Waals surface area contributed by atoms with E-state index < -0.39 is 10.1 Å². The van der Waals surface area contributed by atoms with E-state index in [0.717, 1.165) is 0 Å². The van der Waals surface area contributed by atoms with E-state index in [0.29, 0.717) is 28.6 Å². The molecule has 0 fully saturated rings. The van der Waals surface area contributed by atoms with Crippen LogP contribution in [0.1, 0.15) is 26.3 Å². The molecule has 0 saturated heterocycles. The summed E-state index contributed by atoms with van der Waals surface area (Å²) in [7, 11) is -2.19. The number of anilines is 1. The van der Waals surface area contributed by atoms with Gasteiger partial charge in [-0.1, -0.05) is 37.6 Å². The number of methoxy groups -OCH3 is 1. The van der Waals surface area contributed by atoms with Crippen LogP contribution in [0.3, 0.4) is 0 Å². The van der Waals surface area contributed by atoms with Crippen LogP contribution in [0.4, 0.5) is 10.5 Å². The van der Waals surface area contributed by atoms with Crippen LogP contribution in [0.2, 0.25) is 5.02 Å². The summed E-state index contributed by atoms with van der Waals surface area (Å²) in [6.45, 7) is 6.03. The molecule has 0 aromatic heterocycles. The van der Waals surface area contributed by atoms with Crippen molar-refractivity contribution in [2.45, 2.75) is 27.3 Å². The second-order valence-electron chi connectivity index (χ2n) is 7.09. The minimum Gasteiger partial charge on any atom is -0.495 e. The van der Waals surface area contributed by atoms with Gasteiger partial charge in [-0.05, 0) is 43.2 Å². The standard InChI is InChI=1S/C21H27ClN2O5S/c1-5-30(26,27)29-19-11-10-17(22)12-16(19)14-24(13-15(2)3)21(25)23-18-8-6-7-9-20(18)28-4/h6-12,15H,5,13-14H2,1-4H3,(H,23,25). The van der Waals surface area contributed by atoms with Crippen LogP contribution < -0.4 is 14.2 Å². The van der Waals surface area contributed by atoms with Crippen molar-refractivity contribution in [1.29, 1.82) is 0 Å². The highest BCUT2D eigenvalue weighted by Crippen LogP contribution is 2.28. The lowest BCUT2D eigenvalue weighted by molar-refractivity contribution is 0.201. The number of urea groups is 1. The number of rotatable bonds is 9. The van der Waals surface area contributed by atoms with E-state index in [1.165, 1.54) is 20.1 Å². The van der Waals surface area contributed by atoms with E-state index in [1.54, 1.807) is 35.2 Å². The smallest absolute Gasteiger partial charge is 0.322 e. The van der Waals surface area contributed by atoms with Gasteiger partial charge in [-0.25, -0.2) is 4.79 Å². The Labute approximate surface area is 183 Å². The molecule has 0 saturated carbocycles. The number of hydrogen-bond donors (Lipinski definition) is 1. The zero-order chi connectivity index (χ0) is 22.3. The molecular weight excluding hydrogens is 428 g/mol. The molecule has 0 atom stereocenters. The van der Waals surface area contributed by atoms with Gasteiger partial charge >= 0.3 is 16.1 Å². The van der Waals surface area contributed by atoms with E-state index in [-0.39, 0.29) is 30.0 Å². The third-order valence-corrected chi connectivity index (χ3v) is 5.55. The van der Waals surface area contributed by atoms with Gasteiger partial charge in [-0.3, -0.25) is 0 Å². The first-order chi connectivity index (χ1) is 14.1. The van der Waals surface area contributed by atoms with E-state index in [4.69, 9.17) is 20.5 Å². The molecule has 2 amide bonds. The van der Waals surface area contributed by atoms with Gasteiger partial charge in [0.1, 0.15) is 11.5 Å². The molecule has 0 aliphatic heterocycles. The van der Waals surface area contributed by atoms with Crippen molar-refractivity contribution < 1.29 is 22.1 Å². The van der Waals surface area contributed by atoms with Crippen molar-refractivity contribution >= 4 is 33.4 Å². The number of para-hydroxylation sites is 2. The van der Waals surface area contributed by atoms with E-state index in [9.17, 15) is 13.2 Å². The maximum absolute atomic E-state index is 13.0. The number of hydrogen-bond acceptors (Lipinski definition) is 5. The Balaban J connectivity index is 2.32. The quantitative estimate of drug-likeness (QED) is 0.552. The summed E-state index contributed by atoms with van der Waals surface area (Å²) in [6.07, 6.45) is 0. The summed E-state index contributed by atoms with van der Waals surface area (Å²) in [5.41, 5.74) is 1.03. The summed E-state index contributed by atoms with van der Waals surface area (Å²) in [4.78, 5) is 14.6. The van der Waals surface area contributed by atoms with Gasteiger partial charge < -0.3 is 19.1 Å². The third kappa shape index (κ3) is 6.81. The first-order valence-corrected chi connectivity index (χ1v) is 11.5. The largest absolute Gasteiger partial charge is 0.495 e. The molecule has 0 aliphatic carbocycles. The first kappa shape index (κ1) is 23.8. The first-order valence-electron chi connectivity index (χ1n) is 9.54. The molecule has 9 heteroatoms. The highest BCUT2D eigenvalue weighted by atomic mass is 35.5. The Hall–Kier alpha value is -2.45. The van der Waals surface area contributed by atoms with Crippen LogP contribution in [0, 0.1) is 5.92 Å². The van der Waals surface area contributed by atoms with Crippen LogP contribution in [-0.4, -0.2) is 38.8 Å². The van der Waals surface area contributed by atoms with Gasteiger partial charge in [-0.2, -0.15) is 8.42 Å². The Morgan fingerprint density at radius 2 is 1.87 bits per heavy atom. The molecule has 0 unspecified atom stereocenters. The fourth-order valence-electron chi connectivity index (χ4n) is 2.76. The number of ether oxygens (including phenoxy) is 1. The molecule has 2 aromatic rings. The number of amides is 2. The predicted octanol–water partition coefficient (Wildman–Crippen LogP) is 4.77. The van der Waals surface area contributed by atoms with Crippen LogP contribution in [0.15, 0.2) is 42.5 Å². The minimum absolute atomic E-state index is 0.119. The number of nitrogens with one attached hydrogen (secondary N) is 1. The van der Waals surface area contributed by atoms with Gasteiger partial charge in [0, 0.05) is 17.1 Å². The van der Waals surface area contributed by atoms with Gasteiger partial charge in [0.15, 0.2) is 0 Å². The average molecular weight is 455 g/mol. The second kappa shape index (κ2) is 10.5. The Bertz CT molecular complexity index is 979. The highest BCUT2D eigenvalue weighted by Gasteiger charge is 2.21. The lowest BCUT2D eigenvalue weighted by Crippen LogP contribution is -2.37. The number of carbonyl (C=O) groups is 1. The normalized spacial score (nSPS) is 11.3. The Morgan fingerprint density at radius 1 is 1.17 bits per heavy atom. The SMILES string of the molecule is CCS(=O)(=O)Oc1ccc(Cl)cc1CN(CC(C)C)C(=O)Nc1ccccc1OC. The topological polar surface area (TPSA) is 84.9 Å². The molecule has 0 spiro atoms. The Morgan fingerprint density at radius 3 is 2.50 bits per heavy atom. The molecule has 1 N–H and O–H groups in total. The summed E-state index contributed by atoms with van der Waals surface area (Å²) in [6, 6.07) is 11.4. The molecule has 0 bridgehead atoms. The molecule has 7 nitrogen and oxygen atoms in total. The monoisotopic (exact) mass is 454 g/mol. The fourth-order valence-corrected chi connectivity index (χ4v) is 3.51. The van der Waals surface area contributed by atoms with E-state index in [1.807, 2.05) is 19.9 Å². The summed E-state index contributed by atoms with van der Waals surface area (Å²) in [5, 5.41) is 3.27.